The molecule has 0 aromatic carbocycles. The van der Waals surface area contributed by atoms with Gasteiger partial charge in [-0.25, -0.2) is 0 Å². The highest BCUT2D eigenvalue weighted by atomic mass is 16.2. The third-order valence-corrected chi connectivity index (χ3v) is 5.18. The van der Waals surface area contributed by atoms with Crippen molar-refractivity contribution in [2.75, 3.05) is 26.2 Å². The molecule has 1 aliphatic heterocycles. The van der Waals surface area contributed by atoms with Crippen LogP contribution >= 0.6 is 0 Å². The van der Waals surface area contributed by atoms with Gasteiger partial charge in [0.05, 0.1) is 5.41 Å². The van der Waals surface area contributed by atoms with Crippen LogP contribution < -0.4 is 5.73 Å². The van der Waals surface area contributed by atoms with Crippen LogP contribution in [0.5, 0.6) is 0 Å². The first-order valence-corrected chi connectivity index (χ1v) is 7.40. The lowest BCUT2D eigenvalue weighted by atomic mass is 9.83. The standard InChI is InChI=1S/C14H25N3O/c1-14(6-2-3-12(14)15)13(18)17-9-7-16(8-10-17)11-4-5-11/h11-12H,2-10,15H2,1H3. The molecule has 102 valence electrons. The van der Waals surface area contributed by atoms with Gasteiger partial charge in [-0.15, -0.1) is 0 Å². The minimum absolute atomic E-state index is 0.0615. The molecule has 4 nitrogen and oxygen atoms in total. The number of amides is 1. The van der Waals surface area contributed by atoms with Gasteiger partial charge in [-0.3, -0.25) is 9.69 Å². The molecule has 1 heterocycles. The molecule has 18 heavy (non-hydrogen) atoms. The summed E-state index contributed by atoms with van der Waals surface area (Å²) < 4.78 is 0. The molecule has 0 aromatic rings. The maximum Gasteiger partial charge on any atom is 0.230 e. The fourth-order valence-corrected chi connectivity index (χ4v) is 3.55. The van der Waals surface area contributed by atoms with Crippen LogP contribution in [0.25, 0.3) is 0 Å². The number of piperazine rings is 1. The average Bonchev–Trinajstić information content (AvgIpc) is 3.17. The molecule has 2 aliphatic carbocycles. The van der Waals surface area contributed by atoms with Gasteiger partial charge in [-0.1, -0.05) is 6.42 Å². The van der Waals surface area contributed by atoms with E-state index in [0.29, 0.717) is 5.91 Å². The van der Waals surface area contributed by atoms with E-state index in [0.717, 1.165) is 51.5 Å². The summed E-state index contributed by atoms with van der Waals surface area (Å²) in [6.45, 7) is 5.99. The van der Waals surface area contributed by atoms with Crippen LogP contribution in [0.2, 0.25) is 0 Å². The Kier molecular flexibility index (Phi) is 3.10. The zero-order chi connectivity index (χ0) is 12.8. The maximum atomic E-state index is 12.7. The predicted molar refractivity (Wildman–Crippen MR) is 71.1 cm³/mol. The SMILES string of the molecule is CC1(C(=O)N2CCN(C3CC3)CC2)CCCC1N. The molecule has 2 saturated carbocycles. The van der Waals surface area contributed by atoms with Gasteiger partial charge in [0.15, 0.2) is 0 Å². The van der Waals surface area contributed by atoms with Crippen molar-refractivity contribution < 1.29 is 4.79 Å². The number of rotatable bonds is 2. The summed E-state index contributed by atoms with van der Waals surface area (Å²) in [5.74, 6) is 0.308. The Hall–Kier alpha value is -0.610. The van der Waals surface area contributed by atoms with Crippen LogP contribution in [0.15, 0.2) is 0 Å². The number of hydrogen-bond donors (Lipinski definition) is 1. The van der Waals surface area contributed by atoms with E-state index < -0.39 is 0 Å². The maximum absolute atomic E-state index is 12.7. The van der Waals surface area contributed by atoms with Crippen molar-refractivity contribution >= 4 is 5.91 Å². The molecule has 3 aliphatic rings. The Bertz CT molecular complexity index is 334. The second-order valence-electron chi connectivity index (χ2n) is 6.48. The molecule has 0 spiro atoms. The summed E-state index contributed by atoms with van der Waals surface area (Å²) in [6, 6.07) is 0.887. The van der Waals surface area contributed by atoms with Gasteiger partial charge in [0.2, 0.25) is 5.91 Å². The zero-order valence-electron chi connectivity index (χ0n) is 11.4. The molecular formula is C14H25N3O. The molecular weight excluding hydrogens is 226 g/mol. The number of nitrogens with two attached hydrogens (primary N) is 1. The normalized spacial score (nSPS) is 38.1. The molecule has 4 heteroatoms. The summed E-state index contributed by atoms with van der Waals surface area (Å²) >= 11 is 0. The molecule has 1 saturated heterocycles. The third kappa shape index (κ3) is 2.05. The second kappa shape index (κ2) is 4.49. The van der Waals surface area contributed by atoms with E-state index in [2.05, 4.69) is 16.7 Å². The Morgan fingerprint density at radius 2 is 1.83 bits per heavy atom. The van der Waals surface area contributed by atoms with Crippen molar-refractivity contribution in [2.45, 2.75) is 51.1 Å². The van der Waals surface area contributed by atoms with Gasteiger partial charge in [0.25, 0.3) is 0 Å². The Labute approximate surface area is 109 Å². The molecule has 3 fully saturated rings. The zero-order valence-corrected chi connectivity index (χ0v) is 11.4. The van der Waals surface area contributed by atoms with E-state index in [-0.39, 0.29) is 11.5 Å². The average molecular weight is 251 g/mol. The monoisotopic (exact) mass is 251 g/mol. The lowest BCUT2D eigenvalue weighted by Crippen LogP contribution is -2.55. The highest BCUT2D eigenvalue weighted by molar-refractivity contribution is 5.83. The smallest absolute Gasteiger partial charge is 0.230 e. The summed E-state index contributed by atoms with van der Waals surface area (Å²) in [5, 5.41) is 0. The molecule has 0 radical (unpaired) electrons. The van der Waals surface area contributed by atoms with E-state index in [1.54, 1.807) is 0 Å². The van der Waals surface area contributed by atoms with Crippen LogP contribution in [0.4, 0.5) is 0 Å². The van der Waals surface area contributed by atoms with Crippen molar-refractivity contribution in [3.8, 4) is 0 Å². The first-order chi connectivity index (χ1) is 8.61. The molecule has 0 bridgehead atoms. The van der Waals surface area contributed by atoms with Gasteiger partial charge >= 0.3 is 0 Å². The van der Waals surface area contributed by atoms with Crippen LogP contribution in [0, 0.1) is 5.41 Å². The van der Waals surface area contributed by atoms with Crippen molar-refractivity contribution in [1.29, 1.82) is 0 Å². The summed E-state index contributed by atoms with van der Waals surface area (Å²) in [7, 11) is 0. The topological polar surface area (TPSA) is 49.6 Å². The number of hydrogen-bond acceptors (Lipinski definition) is 3. The van der Waals surface area contributed by atoms with Crippen molar-refractivity contribution in [1.82, 2.24) is 9.80 Å². The minimum Gasteiger partial charge on any atom is -0.340 e. The molecule has 2 N–H and O–H groups in total. The van der Waals surface area contributed by atoms with Crippen molar-refractivity contribution in [3.05, 3.63) is 0 Å². The molecule has 3 rings (SSSR count). The predicted octanol–water partition coefficient (Wildman–Crippen LogP) is 0.811. The van der Waals surface area contributed by atoms with Crippen LogP contribution in [-0.4, -0.2) is 54.0 Å². The summed E-state index contributed by atoms with van der Waals surface area (Å²) in [6.07, 6.45) is 5.79. The minimum atomic E-state index is -0.290. The summed E-state index contributed by atoms with van der Waals surface area (Å²) in [4.78, 5) is 17.3. The van der Waals surface area contributed by atoms with Gasteiger partial charge in [0, 0.05) is 38.3 Å². The van der Waals surface area contributed by atoms with Gasteiger partial charge in [-0.05, 0) is 32.6 Å². The Balaban J connectivity index is 1.60. The lowest BCUT2D eigenvalue weighted by Gasteiger charge is -2.40. The molecule has 2 atom stereocenters. The van der Waals surface area contributed by atoms with Gasteiger partial charge in [0.1, 0.15) is 0 Å². The Morgan fingerprint density at radius 3 is 2.33 bits per heavy atom. The van der Waals surface area contributed by atoms with E-state index >= 15 is 0 Å². The van der Waals surface area contributed by atoms with Gasteiger partial charge in [-0.2, -0.15) is 0 Å². The highest BCUT2D eigenvalue weighted by Gasteiger charge is 2.45. The second-order valence-corrected chi connectivity index (χ2v) is 6.48. The van der Waals surface area contributed by atoms with Crippen LogP contribution in [0.3, 0.4) is 0 Å². The van der Waals surface area contributed by atoms with Crippen LogP contribution in [-0.2, 0) is 4.79 Å². The number of nitrogens with zero attached hydrogens (tertiary/aromatic N) is 2. The number of carbonyl (C=O) groups excluding carboxylic acids is 1. The summed E-state index contributed by atoms with van der Waals surface area (Å²) in [5.41, 5.74) is 5.86. The highest BCUT2D eigenvalue weighted by Crippen LogP contribution is 2.38. The van der Waals surface area contributed by atoms with E-state index in [1.165, 1.54) is 12.8 Å². The molecule has 2 unspecified atom stereocenters. The first-order valence-electron chi connectivity index (χ1n) is 7.40. The number of carbonyl (C=O) groups is 1. The van der Waals surface area contributed by atoms with E-state index in [4.69, 9.17) is 5.73 Å². The van der Waals surface area contributed by atoms with Crippen molar-refractivity contribution in [3.63, 3.8) is 0 Å². The van der Waals surface area contributed by atoms with Gasteiger partial charge < -0.3 is 10.6 Å². The quantitative estimate of drug-likeness (QED) is 0.790. The van der Waals surface area contributed by atoms with E-state index in [1.807, 2.05) is 0 Å². The molecule has 1 amide bonds. The lowest BCUT2D eigenvalue weighted by molar-refractivity contribution is -0.143. The Morgan fingerprint density at radius 1 is 1.17 bits per heavy atom. The molecule has 0 aromatic heterocycles. The fourth-order valence-electron chi connectivity index (χ4n) is 3.55. The first kappa shape index (κ1) is 12.4. The van der Waals surface area contributed by atoms with Crippen LogP contribution in [0.1, 0.15) is 39.0 Å². The third-order valence-electron chi connectivity index (χ3n) is 5.18. The van der Waals surface area contributed by atoms with E-state index in [9.17, 15) is 4.79 Å². The van der Waals surface area contributed by atoms with Crippen molar-refractivity contribution in [2.24, 2.45) is 11.1 Å². The fraction of sp³-hybridized carbons (Fsp3) is 0.929. The largest absolute Gasteiger partial charge is 0.340 e.